The van der Waals surface area contributed by atoms with Crippen molar-refractivity contribution >= 4 is 0 Å². The predicted molar refractivity (Wildman–Crippen MR) is 73.8 cm³/mol. The first-order valence-electron chi connectivity index (χ1n) is 7.89. The molecule has 2 aliphatic heterocycles. The average molecular weight is 252 g/mol. The van der Waals surface area contributed by atoms with Gasteiger partial charge in [-0.25, -0.2) is 0 Å². The number of hydrogen-bond acceptors (Lipinski definition) is 3. The van der Waals surface area contributed by atoms with Gasteiger partial charge in [-0.1, -0.05) is 25.7 Å². The van der Waals surface area contributed by atoms with Crippen molar-refractivity contribution in [3.63, 3.8) is 0 Å². The van der Waals surface area contributed by atoms with Gasteiger partial charge in [-0.3, -0.25) is 4.90 Å². The van der Waals surface area contributed by atoms with Crippen molar-refractivity contribution in [3.8, 4) is 0 Å². The first-order chi connectivity index (χ1) is 8.86. The molecule has 0 aromatic heterocycles. The van der Waals surface area contributed by atoms with Crippen LogP contribution in [0.1, 0.15) is 44.9 Å². The summed E-state index contributed by atoms with van der Waals surface area (Å²) in [4.78, 5) is 2.66. The number of ether oxygens (including phenoxy) is 1. The van der Waals surface area contributed by atoms with Crippen LogP contribution < -0.4 is 5.32 Å². The van der Waals surface area contributed by atoms with Gasteiger partial charge in [-0.15, -0.1) is 0 Å². The van der Waals surface area contributed by atoms with Crippen molar-refractivity contribution in [1.82, 2.24) is 10.2 Å². The second-order valence-corrected chi connectivity index (χ2v) is 6.44. The third kappa shape index (κ3) is 2.73. The zero-order chi connectivity index (χ0) is 12.4. The maximum Gasteiger partial charge on any atom is 0.0855 e. The van der Waals surface area contributed by atoms with E-state index in [1.54, 1.807) is 0 Å². The normalized spacial score (nSPS) is 35.8. The highest BCUT2D eigenvalue weighted by atomic mass is 16.5. The van der Waals surface area contributed by atoms with Crippen molar-refractivity contribution in [2.45, 2.75) is 63.1 Å². The lowest BCUT2D eigenvalue weighted by molar-refractivity contribution is -0.0665. The molecular formula is C15H28N2O. The Hall–Kier alpha value is -0.120. The highest BCUT2D eigenvalue weighted by Crippen LogP contribution is 2.31. The zero-order valence-corrected chi connectivity index (χ0v) is 11.7. The van der Waals surface area contributed by atoms with E-state index in [1.807, 2.05) is 0 Å². The molecule has 0 bridgehead atoms. The largest absolute Gasteiger partial charge is 0.374 e. The molecule has 3 nitrogen and oxygen atoms in total. The van der Waals surface area contributed by atoms with Crippen LogP contribution in [-0.2, 0) is 4.74 Å². The maximum atomic E-state index is 6.15. The van der Waals surface area contributed by atoms with Crippen LogP contribution in [-0.4, -0.2) is 49.8 Å². The van der Waals surface area contributed by atoms with Crippen LogP contribution in [0.15, 0.2) is 0 Å². The first kappa shape index (κ1) is 12.9. The van der Waals surface area contributed by atoms with Crippen molar-refractivity contribution in [2.75, 3.05) is 26.7 Å². The standard InChI is InChI=1S/C15H28N2O/c1-16-14(9-12-5-2-3-6-12)15-10-17-8-4-7-13(17)11-18-15/h12-16H,2-11H2,1H3. The van der Waals surface area contributed by atoms with Gasteiger partial charge in [0.15, 0.2) is 0 Å². The molecule has 3 heteroatoms. The SMILES string of the molecule is CNC(CC1CCCC1)C1CN2CCCC2CO1. The van der Waals surface area contributed by atoms with E-state index in [2.05, 4.69) is 17.3 Å². The quantitative estimate of drug-likeness (QED) is 0.828. The van der Waals surface area contributed by atoms with Crippen LogP contribution in [0.2, 0.25) is 0 Å². The maximum absolute atomic E-state index is 6.15. The van der Waals surface area contributed by atoms with Crippen LogP contribution in [0.25, 0.3) is 0 Å². The van der Waals surface area contributed by atoms with Gasteiger partial charge in [0.2, 0.25) is 0 Å². The lowest BCUT2D eigenvalue weighted by Crippen LogP contribution is -2.53. The minimum atomic E-state index is 0.421. The molecule has 1 N–H and O–H groups in total. The lowest BCUT2D eigenvalue weighted by Gasteiger charge is -2.39. The van der Waals surface area contributed by atoms with E-state index in [1.165, 1.54) is 51.5 Å². The fraction of sp³-hybridized carbons (Fsp3) is 1.00. The summed E-state index contributed by atoms with van der Waals surface area (Å²) in [6.07, 6.45) is 10.2. The minimum absolute atomic E-state index is 0.421. The summed E-state index contributed by atoms with van der Waals surface area (Å²) >= 11 is 0. The Morgan fingerprint density at radius 1 is 1.22 bits per heavy atom. The van der Waals surface area contributed by atoms with Gasteiger partial charge >= 0.3 is 0 Å². The molecule has 2 heterocycles. The number of likely N-dealkylation sites (N-methyl/N-ethyl adjacent to an activating group) is 1. The van der Waals surface area contributed by atoms with Crippen molar-refractivity contribution in [1.29, 1.82) is 0 Å². The zero-order valence-electron chi connectivity index (χ0n) is 11.7. The van der Waals surface area contributed by atoms with Gasteiger partial charge in [-0.05, 0) is 38.8 Å². The molecule has 3 rings (SSSR count). The number of rotatable bonds is 4. The summed E-state index contributed by atoms with van der Waals surface area (Å²) in [5.41, 5.74) is 0. The van der Waals surface area contributed by atoms with E-state index >= 15 is 0 Å². The Morgan fingerprint density at radius 3 is 2.83 bits per heavy atom. The van der Waals surface area contributed by atoms with Gasteiger partial charge in [0, 0.05) is 18.6 Å². The summed E-state index contributed by atoms with van der Waals surface area (Å²) in [6, 6.07) is 1.29. The van der Waals surface area contributed by atoms with Crippen molar-refractivity contribution in [2.24, 2.45) is 5.92 Å². The van der Waals surface area contributed by atoms with E-state index in [-0.39, 0.29) is 0 Å². The summed E-state index contributed by atoms with van der Waals surface area (Å²) in [7, 11) is 2.11. The Balaban J connectivity index is 1.54. The summed E-state index contributed by atoms with van der Waals surface area (Å²) in [5.74, 6) is 0.947. The van der Waals surface area contributed by atoms with Gasteiger partial charge in [-0.2, -0.15) is 0 Å². The molecule has 0 radical (unpaired) electrons. The molecule has 1 saturated carbocycles. The first-order valence-corrected chi connectivity index (χ1v) is 7.89. The van der Waals surface area contributed by atoms with Crippen LogP contribution in [0, 0.1) is 5.92 Å². The Bertz CT molecular complexity index is 263. The number of nitrogens with zero attached hydrogens (tertiary/aromatic N) is 1. The molecule has 0 spiro atoms. The molecule has 0 aromatic carbocycles. The van der Waals surface area contributed by atoms with Crippen molar-refractivity contribution < 1.29 is 4.74 Å². The molecule has 104 valence electrons. The summed E-state index contributed by atoms with van der Waals surface area (Å²) in [5, 5.41) is 3.53. The van der Waals surface area contributed by atoms with Gasteiger partial charge in [0.25, 0.3) is 0 Å². The van der Waals surface area contributed by atoms with Crippen LogP contribution in [0.4, 0.5) is 0 Å². The van der Waals surface area contributed by atoms with E-state index < -0.39 is 0 Å². The van der Waals surface area contributed by atoms with Crippen LogP contribution in [0.5, 0.6) is 0 Å². The van der Waals surface area contributed by atoms with Crippen molar-refractivity contribution in [3.05, 3.63) is 0 Å². The summed E-state index contributed by atoms with van der Waals surface area (Å²) < 4.78 is 6.15. The topological polar surface area (TPSA) is 24.5 Å². The fourth-order valence-corrected chi connectivity index (χ4v) is 4.15. The molecule has 18 heavy (non-hydrogen) atoms. The smallest absolute Gasteiger partial charge is 0.0855 e. The number of nitrogens with one attached hydrogen (secondary N) is 1. The van der Waals surface area contributed by atoms with Gasteiger partial charge in [0.1, 0.15) is 0 Å². The third-order valence-corrected chi connectivity index (χ3v) is 5.30. The Kier molecular flexibility index (Phi) is 4.22. The Morgan fingerprint density at radius 2 is 2.06 bits per heavy atom. The van der Waals surface area contributed by atoms with Gasteiger partial charge < -0.3 is 10.1 Å². The number of hydrogen-bond donors (Lipinski definition) is 1. The van der Waals surface area contributed by atoms with Gasteiger partial charge in [0.05, 0.1) is 12.7 Å². The molecular weight excluding hydrogens is 224 g/mol. The number of morpholine rings is 1. The highest BCUT2D eigenvalue weighted by molar-refractivity contribution is 4.90. The lowest BCUT2D eigenvalue weighted by atomic mass is 9.94. The van der Waals surface area contributed by atoms with E-state index in [0.717, 1.165) is 25.1 Å². The van der Waals surface area contributed by atoms with E-state index in [0.29, 0.717) is 12.1 Å². The molecule has 1 aliphatic carbocycles. The Labute approximate surface area is 111 Å². The second-order valence-electron chi connectivity index (χ2n) is 6.44. The van der Waals surface area contributed by atoms with E-state index in [9.17, 15) is 0 Å². The predicted octanol–water partition coefficient (Wildman–Crippen LogP) is 2.02. The number of fused-ring (bicyclic) bond motifs is 1. The average Bonchev–Trinajstić information content (AvgIpc) is 3.06. The van der Waals surface area contributed by atoms with Crippen LogP contribution in [0.3, 0.4) is 0 Å². The minimum Gasteiger partial charge on any atom is -0.374 e. The van der Waals surface area contributed by atoms with Crippen LogP contribution >= 0.6 is 0 Å². The molecule has 3 fully saturated rings. The van der Waals surface area contributed by atoms with E-state index in [4.69, 9.17) is 4.74 Å². The highest BCUT2D eigenvalue weighted by Gasteiger charge is 2.36. The monoisotopic (exact) mass is 252 g/mol. The molecule has 2 saturated heterocycles. The fourth-order valence-electron chi connectivity index (χ4n) is 4.15. The molecule has 0 amide bonds. The molecule has 3 unspecified atom stereocenters. The molecule has 3 aliphatic rings. The second kappa shape index (κ2) is 5.89. The third-order valence-electron chi connectivity index (χ3n) is 5.30. The molecule has 0 aromatic rings. The summed E-state index contributed by atoms with van der Waals surface area (Å²) in [6.45, 7) is 3.42. The molecule has 3 atom stereocenters.